The molecular weight excluding hydrogens is 356 g/mol. The summed E-state index contributed by atoms with van der Waals surface area (Å²) in [5, 5.41) is 4.31. The first-order chi connectivity index (χ1) is 13.0. The molecule has 0 atom stereocenters. The maximum absolute atomic E-state index is 13.6. The fourth-order valence-electron chi connectivity index (χ4n) is 2.51. The third-order valence-corrected chi connectivity index (χ3v) is 3.74. The van der Waals surface area contributed by atoms with Gasteiger partial charge in [0.1, 0.15) is 22.9 Å². The van der Waals surface area contributed by atoms with Crippen molar-refractivity contribution >= 4 is 17.6 Å². The number of hydrogen-bond acceptors (Lipinski definition) is 3. The minimum absolute atomic E-state index is 0.335. The summed E-state index contributed by atoms with van der Waals surface area (Å²) in [5.41, 5.74) is 0.258. The van der Waals surface area contributed by atoms with Crippen molar-refractivity contribution in [2.75, 3.05) is 12.4 Å². The van der Waals surface area contributed by atoms with E-state index in [2.05, 4.69) is 5.32 Å². The van der Waals surface area contributed by atoms with Crippen molar-refractivity contribution in [3.05, 3.63) is 78.1 Å². The molecule has 2 aromatic carbocycles. The smallest absolute Gasteiger partial charge is 0.326 e. The molecule has 2 N–H and O–H groups in total. The number of rotatable bonds is 4. The van der Waals surface area contributed by atoms with Gasteiger partial charge in [-0.05, 0) is 36.4 Å². The third-order valence-electron chi connectivity index (χ3n) is 3.74. The molecule has 3 rings (SSSR count). The summed E-state index contributed by atoms with van der Waals surface area (Å²) in [6.45, 7) is 0. The van der Waals surface area contributed by atoms with Crippen LogP contribution in [0.5, 0.6) is 5.75 Å². The van der Waals surface area contributed by atoms with Crippen molar-refractivity contribution in [1.82, 2.24) is 9.88 Å². The van der Waals surface area contributed by atoms with Gasteiger partial charge < -0.3 is 14.6 Å². The number of urea groups is 1. The van der Waals surface area contributed by atoms with Gasteiger partial charge in [0.2, 0.25) is 0 Å². The van der Waals surface area contributed by atoms with Crippen molar-refractivity contribution in [2.24, 2.45) is 0 Å². The predicted molar refractivity (Wildman–Crippen MR) is 95.2 cm³/mol. The number of carbonyl (C=O) groups excluding carboxylic acids is 2. The minimum Gasteiger partial charge on any atom is -0.494 e. The van der Waals surface area contributed by atoms with Crippen molar-refractivity contribution in [3.8, 4) is 11.4 Å². The second-order valence-corrected chi connectivity index (χ2v) is 5.48. The zero-order valence-electron chi connectivity index (χ0n) is 14.2. The molecule has 8 heteroatoms. The molecule has 0 aliphatic rings. The van der Waals surface area contributed by atoms with E-state index in [1.165, 1.54) is 7.11 Å². The first kappa shape index (κ1) is 18.1. The lowest BCUT2D eigenvalue weighted by Gasteiger charge is -2.13. The Balaban J connectivity index is 1.73. The second-order valence-electron chi connectivity index (χ2n) is 5.48. The molecule has 0 spiro atoms. The first-order valence-electron chi connectivity index (χ1n) is 7.87. The Kier molecular flexibility index (Phi) is 5.16. The van der Waals surface area contributed by atoms with Crippen molar-refractivity contribution < 1.29 is 23.1 Å². The number of amides is 3. The Morgan fingerprint density at radius 2 is 1.67 bits per heavy atom. The Bertz CT molecular complexity index is 968. The maximum atomic E-state index is 13.6. The number of nitrogens with one attached hydrogen (secondary N) is 2. The van der Waals surface area contributed by atoms with Gasteiger partial charge in [-0.2, -0.15) is 0 Å². The topological polar surface area (TPSA) is 72.4 Å². The highest BCUT2D eigenvalue weighted by Gasteiger charge is 2.19. The normalized spacial score (nSPS) is 10.3. The van der Waals surface area contributed by atoms with Gasteiger partial charge in [0.15, 0.2) is 0 Å². The van der Waals surface area contributed by atoms with Crippen LogP contribution in [0.2, 0.25) is 0 Å². The van der Waals surface area contributed by atoms with Crippen LogP contribution in [0.15, 0.2) is 60.9 Å². The van der Waals surface area contributed by atoms with Crippen LogP contribution in [0.1, 0.15) is 10.4 Å². The lowest BCUT2D eigenvalue weighted by atomic mass is 10.2. The van der Waals surface area contributed by atoms with Crippen LogP contribution < -0.4 is 15.4 Å². The highest BCUT2D eigenvalue weighted by Crippen LogP contribution is 2.26. The molecule has 0 radical (unpaired) electrons. The Labute approximate surface area is 153 Å². The molecule has 0 aliphatic heterocycles. The number of benzene rings is 2. The molecule has 0 fully saturated rings. The van der Waals surface area contributed by atoms with Gasteiger partial charge in [-0.1, -0.05) is 6.07 Å². The van der Waals surface area contributed by atoms with Crippen LogP contribution in [0.4, 0.5) is 19.3 Å². The summed E-state index contributed by atoms with van der Waals surface area (Å²) in [6.07, 6.45) is 3.67. The van der Waals surface area contributed by atoms with Crippen LogP contribution in [-0.2, 0) is 0 Å². The summed E-state index contributed by atoms with van der Waals surface area (Å²) in [6, 6.07) is 10.6. The fraction of sp³-hybridized carbons (Fsp3) is 0.0526. The maximum Gasteiger partial charge on any atom is 0.326 e. The molecule has 0 aliphatic carbocycles. The molecule has 3 amide bonds. The number of aromatic nitrogens is 1. The van der Waals surface area contributed by atoms with Crippen molar-refractivity contribution in [3.63, 3.8) is 0 Å². The summed E-state index contributed by atoms with van der Waals surface area (Å²) in [4.78, 5) is 23.9. The van der Waals surface area contributed by atoms with Crippen molar-refractivity contribution in [1.29, 1.82) is 0 Å². The molecule has 0 saturated heterocycles. The van der Waals surface area contributed by atoms with Crippen LogP contribution in [-0.4, -0.2) is 23.6 Å². The number of nitrogens with zero attached hydrogens (tertiary/aromatic N) is 1. The average molecular weight is 371 g/mol. The summed E-state index contributed by atoms with van der Waals surface area (Å²) >= 11 is 0. The SMILES string of the molecule is COc1cc(NC(=O)NC(=O)c2c(F)cccc2F)ccc1-n1cccc1. The summed E-state index contributed by atoms with van der Waals surface area (Å²) < 4.78 is 34.4. The van der Waals surface area contributed by atoms with E-state index in [9.17, 15) is 18.4 Å². The molecule has 0 saturated carbocycles. The lowest BCUT2D eigenvalue weighted by molar-refractivity contribution is 0.0959. The van der Waals surface area contributed by atoms with E-state index in [0.717, 1.165) is 23.9 Å². The highest BCUT2D eigenvalue weighted by molar-refractivity contribution is 6.08. The molecule has 1 aromatic heterocycles. The largest absolute Gasteiger partial charge is 0.494 e. The molecule has 0 bridgehead atoms. The first-order valence-corrected chi connectivity index (χ1v) is 7.87. The molecule has 138 valence electrons. The lowest BCUT2D eigenvalue weighted by Crippen LogP contribution is -2.35. The monoisotopic (exact) mass is 371 g/mol. The van der Waals surface area contributed by atoms with Gasteiger partial charge in [-0.15, -0.1) is 0 Å². The number of hydrogen-bond donors (Lipinski definition) is 2. The van der Waals surface area contributed by atoms with Crippen LogP contribution in [0, 0.1) is 11.6 Å². The predicted octanol–water partition coefficient (Wildman–Crippen LogP) is 3.73. The number of methoxy groups -OCH3 is 1. The zero-order chi connectivity index (χ0) is 19.4. The van der Waals surface area contributed by atoms with Crippen LogP contribution in [0.3, 0.4) is 0 Å². The number of imide groups is 1. The molecule has 0 unspecified atom stereocenters. The Hall–Kier alpha value is -3.68. The number of halogens is 2. The van der Waals surface area contributed by atoms with Crippen molar-refractivity contribution in [2.45, 2.75) is 0 Å². The quantitative estimate of drug-likeness (QED) is 0.734. The van der Waals surface area contributed by atoms with Gasteiger partial charge in [-0.25, -0.2) is 13.6 Å². The van der Waals surface area contributed by atoms with E-state index < -0.39 is 29.1 Å². The molecule has 3 aromatic rings. The Morgan fingerprint density at radius 3 is 2.30 bits per heavy atom. The van der Waals surface area contributed by atoms with Crippen LogP contribution in [0.25, 0.3) is 5.69 Å². The number of ether oxygens (including phenoxy) is 1. The molecule has 27 heavy (non-hydrogen) atoms. The van der Waals surface area contributed by atoms with E-state index in [4.69, 9.17) is 4.74 Å². The van der Waals surface area contributed by atoms with Gasteiger partial charge in [0, 0.05) is 24.1 Å². The fourth-order valence-corrected chi connectivity index (χ4v) is 2.51. The number of anilines is 1. The average Bonchev–Trinajstić information content (AvgIpc) is 3.15. The molecule has 1 heterocycles. The van der Waals surface area contributed by atoms with Gasteiger partial charge in [0.05, 0.1) is 12.8 Å². The van der Waals surface area contributed by atoms with E-state index in [1.807, 2.05) is 34.4 Å². The second kappa shape index (κ2) is 7.69. The summed E-state index contributed by atoms with van der Waals surface area (Å²) in [5.74, 6) is -2.81. The van der Waals surface area contributed by atoms with E-state index in [0.29, 0.717) is 11.4 Å². The Morgan fingerprint density at radius 1 is 1.00 bits per heavy atom. The molecule has 6 nitrogen and oxygen atoms in total. The van der Waals surface area contributed by atoms with E-state index in [1.54, 1.807) is 18.2 Å². The summed E-state index contributed by atoms with van der Waals surface area (Å²) in [7, 11) is 1.48. The van der Waals surface area contributed by atoms with Gasteiger partial charge in [0.25, 0.3) is 5.91 Å². The number of carbonyl (C=O) groups is 2. The zero-order valence-corrected chi connectivity index (χ0v) is 14.2. The van der Waals surface area contributed by atoms with E-state index >= 15 is 0 Å². The third kappa shape index (κ3) is 3.95. The van der Waals surface area contributed by atoms with E-state index in [-0.39, 0.29) is 0 Å². The minimum atomic E-state index is -1.18. The van der Waals surface area contributed by atoms with Gasteiger partial charge >= 0.3 is 6.03 Å². The molecular formula is C19H15F2N3O3. The van der Waals surface area contributed by atoms with Gasteiger partial charge in [-0.3, -0.25) is 10.1 Å². The standard InChI is InChI=1S/C19H15F2N3O3/c1-27-16-11-12(7-8-15(16)24-9-2-3-10-24)22-19(26)23-18(25)17-13(20)5-4-6-14(17)21/h2-11H,1H3,(H2,22,23,25,26). The van der Waals surface area contributed by atoms with Crippen LogP contribution >= 0.6 is 0 Å². The highest BCUT2D eigenvalue weighted by atomic mass is 19.1.